The van der Waals surface area contributed by atoms with Crippen LogP contribution in [0.5, 0.6) is 0 Å². The van der Waals surface area contributed by atoms with E-state index >= 15 is 0 Å². The van der Waals surface area contributed by atoms with Crippen LogP contribution in [-0.2, 0) is 4.74 Å². The molecule has 0 spiro atoms. The van der Waals surface area contributed by atoms with E-state index in [9.17, 15) is 14.7 Å². The predicted octanol–water partition coefficient (Wildman–Crippen LogP) is 4.35. The Kier molecular flexibility index (Phi) is 6.14. The Labute approximate surface area is 168 Å². The highest BCUT2D eigenvalue weighted by molar-refractivity contribution is 6.03. The van der Waals surface area contributed by atoms with Crippen molar-refractivity contribution in [3.63, 3.8) is 0 Å². The number of hydrogen-bond donors (Lipinski definition) is 3. The molecule has 0 amide bonds. The number of aromatic carboxylic acids is 1. The van der Waals surface area contributed by atoms with Gasteiger partial charge in [0, 0.05) is 16.9 Å². The van der Waals surface area contributed by atoms with Gasteiger partial charge in [-0.1, -0.05) is 48.5 Å². The highest BCUT2D eigenvalue weighted by Crippen LogP contribution is 2.31. The van der Waals surface area contributed by atoms with Gasteiger partial charge in [0.25, 0.3) is 0 Å². The van der Waals surface area contributed by atoms with Gasteiger partial charge in [0.2, 0.25) is 0 Å². The molecule has 0 aromatic heterocycles. The van der Waals surface area contributed by atoms with Crippen molar-refractivity contribution in [2.24, 2.45) is 0 Å². The molecular weight excluding hydrogens is 368 g/mol. The third kappa shape index (κ3) is 4.55. The molecule has 3 aromatic carbocycles. The summed E-state index contributed by atoms with van der Waals surface area (Å²) in [5.74, 6) is -1.87. The number of esters is 1. The van der Waals surface area contributed by atoms with Crippen LogP contribution in [0.25, 0.3) is 0 Å². The predicted molar refractivity (Wildman–Crippen MR) is 112 cm³/mol. The number of para-hydroxylation sites is 1. The fraction of sp³-hybridized carbons (Fsp3) is 0.130. The van der Waals surface area contributed by atoms with Crippen LogP contribution in [0.4, 0.5) is 11.4 Å². The van der Waals surface area contributed by atoms with Crippen LogP contribution in [0.2, 0.25) is 0 Å². The van der Waals surface area contributed by atoms with E-state index in [1.54, 1.807) is 13.0 Å². The van der Waals surface area contributed by atoms with Gasteiger partial charge in [-0.15, -0.1) is 0 Å². The zero-order valence-electron chi connectivity index (χ0n) is 16.0. The molecule has 0 aliphatic carbocycles. The molecule has 0 saturated carbocycles. The number of nitrogens with one attached hydrogen (secondary N) is 1. The lowest BCUT2D eigenvalue weighted by molar-refractivity contribution is 0.0514. The lowest BCUT2D eigenvalue weighted by Gasteiger charge is -2.23. The van der Waals surface area contributed by atoms with Crippen LogP contribution in [-0.4, -0.2) is 23.7 Å². The van der Waals surface area contributed by atoms with E-state index in [2.05, 4.69) is 5.32 Å². The number of benzene rings is 3. The molecule has 3 rings (SSSR count). The van der Waals surface area contributed by atoms with Gasteiger partial charge in [0.05, 0.1) is 23.8 Å². The van der Waals surface area contributed by atoms with Gasteiger partial charge in [0.1, 0.15) is 0 Å². The average molecular weight is 390 g/mol. The smallest absolute Gasteiger partial charge is 0.338 e. The van der Waals surface area contributed by atoms with Crippen molar-refractivity contribution in [3.8, 4) is 0 Å². The molecule has 1 unspecified atom stereocenters. The van der Waals surface area contributed by atoms with E-state index in [1.165, 1.54) is 12.1 Å². The monoisotopic (exact) mass is 390 g/mol. The Hall–Kier alpha value is -3.80. The van der Waals surface area contributed by atoms with E-state index in [0.29, 0.717) is 11.4 Å². The Morgan fingerprint density at radius 3 is 2.34 bits per heavy atom. The molecule has 1 atom stereocenters. The number of hydrogen-bond acceptors (Lipinski definition) is 5. The molecule has 0 fully saturated rings. The van der Waals surface area contributed by atoms with Gasteiger partial charge in [-0.05, 0) is 36.8 Å². The largest absolute Gasteiger partial charge is 0.478 e. The maximum absolute atomic E-state index is 12.1. The Morgan fingerprint density at radius 2 is 1.69 bits per heavy atom. The highest BCUT2D eigenvalue weighted by atomic mass is 16.5. The summed E-state index contributed by atoms with van der Waals surface area (Å²) in [5, 5.41) is 12.9. The second-order valence-corrected chi connectivity index (χ2v) is 6.40. The minimum absolute atomic E-state index is 0.0142. The van der Waals surface area contributed by atoms with Gasteiger partial charge in [-0.3, -0.25) is 0 Å². The van der Waals surface area contributed by atoms with Crippen molar-refractivity contribution in [1.29, 1.82) is 0 Å². The molecule has 6 heteroatoms. The van der Waals surface area contributed by atoms with Crippen LogP contribution in [0.1, 0.15) is 44.8 Å². The topological polar surface area (TPSA) is 102 Å². The first-order chi connectivity index (χ1) is 14.0. The summed E-state index contributed by atoms with van der Waals surface area (Å²) in [7, 11) is 0. The first-order valence-electron chi connectivity index (χ1n) is 9.21. The number of ether oxygens (including phenoxy) is 1. The Balaban J connectivity index is 2.02. The zero-order valence-corrected chi connectivity index (χ0v) is 16.0. The van der Waals surface area contributed by atoms with E-state index < -0.39 is 11.9 Å². The second-order valence-electron chi connectivity index (χ2n) is 6.40. The molecule has 148 valence electrons. The number of carbonyl (C=O) groups is 2. The Bertz CT molecular complexity index is 1020. The minimum Gasteiger partial charge on any atom is -0.478 e. The first kappa shape index (κ1) is 19.9. The van der Waals surface area contributed by atoms with Crippen LogP contribution in [0, 0.1) is 0 Å². The highest BCUT2D eigenvalue weighted by Gasteiger charge is 2.21. The van der Waals surface area contributed by atoms with Crippen LogP contribution in [0.3, 0.4) is 0 Å². The lowest BCUT2D eigenvalue weighted by Crippen LogP contribution is -2.16. The number of carboxylic acids is 1. The summed E-state index contributed by atoms with van der Waals surface area (Å²) in [4.78, 5) is 23.8. The molecule has 0 bridgehead atoms. The van der Waals surface area contributed by atoms with E-state index in [0.717, 1.165) is 11.1 Å². The average Bonchev–Trinajstić information content (AvgIpc) is 2.73. The second kappa shape index (κ2) is 8.93. The van der Waals surface area contributed by atoms with Gasteiger partial charge < -0.3 is 20.9 Å². The fourth-order valence-electron chi connectivity index (χ4n) is 3.12. The molecule has 0 heterocycles. The summed E-state index contributed by atoms with van der Waals surface area (Å²) in [6.45, 7) is 1.84. The SMILES string of the molecule is CCOC(=O)c1ccc(NC(c2ccccc2)c2ccccc2N)cc1C(=O)O. The molecule has 0 aliphatic rings. The molecule has 0 aliphatic heterocycles. The van der Waals surface area contributed by atoms with Crippen molar-refractivity contribution in [2.45, 2.75) is 13.0 Å². The molecular formula is C23H22N2O4. The molecule has 4 N–H and O–H groups in total. The molecule has 3 aromatic rings. The van der Waals surface area contributed by atoms with Crippen LogP contribution in [0.15, 0.2) is 72.8 Å². The van der Waals surface area contributed by atoms with Crippen molar-refractivity contribution in [1.82, 2.24) is 0 Å². The standard InChI is InChI=1S/C23H22N2O4/c1-2-29-23(28)17-13-12-16(14-19(17)22(26)27)25-21(15-8-4-3-5-9-15)18-10-6-7-11-20(18)24/h3-14,21,25H,2,24H2,1H3,(H,26,27). The maximum Gasteiger partial charge on any atom is 0.338 e. The summed E-state index contributed by atoms with van der Waals surface area (Å²) in [6, 6.07) is 21.5. The number of rotatable bonds is 7. The van der Waals surface area contributed by atoms with Crippen molar-refractivity contribution >= 4 is 23.3 Å². The van der Waals surface area contributed by atoms with Crippen LogP contribution >= 0.6 is 0 Å². The van der Waals surface area contributed by atoms with Crippen LogP contribution < -0.4 is 11.1 Å². The van der Waals surface area contributed by atoms with Crippen molar-refractivity contribution in [3.05, 3.63) is 95.1 Å². The Morgan fingerprint density at radius 1 is 1.00 bits per heavy atom. The summed E-state index contributed by atoms with van der Waals surface area (Å²) in [5.41, 5.74) is 9.09. The van der Waals surface area contributed by atoms with Gasteiger partial charge >= 0.3 is 11.9 Å². The molecule has 6 nitrogen and oxygen atoms in total. The molecule has 0 saturated heterocycles. The van der Waals surface area contributed by atoms with Gasteiger partial charge in [0.15, 0.2) is 0 Å². The minimum atomic E-state index is -1.20. The van der Waals surface area contributed by atoms with Gasteiger partial charge in [-0.25, -0.2) is 9.59 Å². The summed E-state index contributed by atoms with van der Waals surface area (Å²) in [6.07, 6.45) is 0. The van der Waals surface area contributed by atoms with Crippen molar-refractivity contribution < 1.29 is 19.4 Å². The quantitative estimate of drug-likeness (QED) is 0.410. The number of carbonyl (C=O) groups excluding carboxylic acids is 1. The third-order valence-corrected chi connectivity index (χ3v) is 4.50. The molecule has 29 heavy (non-hydrogen) atoms. The summed E-state index contributed by atoms with van der Waals surface area (Å²) >= 11 is 0. The molecule has 0 radical (unpaired) electrons. The van der Waals surface area contributed by atoms with E-state index in [1.807, 2.05) is 54.6 Å². The number of carboxylic acid groups (broad SMARTS) is 1. The van der Waals surface area contributed by atoms with E-state index in [-0.39, 0.29) is 23.8 Å². The first-order valence-corrected chi connectivity index (χ1v) is 9.21. The summed E-state index contributed by atoms with van der Waals surface area (Å²) < 4.78 is 4.95. The van der Waals surface area contributed by atoms with Crippen molar-refractivity contribution in [2.75, 3.05) is 17.7 Å². The maximum atomic E-state index is 12.1. The third-order valence-electron chi connectivity index (χ3n) is 4.50. The number of nitrogens with two attached hydrogens (primary N) is 1. The van der Waals surface area contributed by atoms with Gasteiger partial charge in [-0.2, -0.15) is 0 Å². The normalized spacial score (nSPS) is 11.5. The lowest BCUT2D eigenvalue weighted by atomic mass is 9.96. The van der Waals surface area contributed by atoms with E-state index in [4.69, 9.17) is 10.5 Å². The number of anilines is 2. The fourth-order valence-corrected chi connectivity index (χ4v) is 3.12. The zero-order chi connectivity index (χ0) is 20.8. The number of nitrogen functional groups attached to an aromatic ring is 1.